The summed E-state index contributed by atoms with van der Waals surface area (Å²) in [6, 6.07) is 6.78. The van der Waals surface area contributed by atoms with Gasteiger partial charge in [-0.1, -0.05) is 24.6 Å². The van der Waals surface area contributed by atoms with Crippen LogP contribution in [0.15, 0.2) is 24.3 Å². The Balaban J connectivity index is 1.73. The van der Waals surface area contributed by atoms with Crippen molar-refractivity contribution in [1.82, 2.24) is 15.1 Å². The maximum absolute atomic E-state index is 13.8. The fourth-order valence-corrected chi connectivity index (χ4v) is 4.93. The van der Waals surface area contributed by atoms with Crippen LogP contribution in [0, 0.1) is 12.8 Å². The highest BCUT2D eigenvalue weighted by atomic mass is 35.5. The standard InChI is InChI=1S/C25H31ClN4O4/c1-5-34-23(32)20-13-21-22(31)30(18-11-8-16(3)19(26)12-18)25(4,14-29(21)28-20)24(33)27-17-9-6-15(2)7-10-17/h8,11-13,15,17H,5-7,9-10,14H2,1-4H3,(H,27,33)/t15?,17?,25-/m0/s1. The molecule has 4 rings (SSSR count). The molecule has 1 atom stereocenters. The number of ether oxygens (including phenoxy) is 1. The Morgan fingerprint density at radius 1 is 1.24 bits per heavy atom. The molecule has 2 heterocycles. The molecule has 0 bridgehead atoms. The number of esters is 1. The first kappa shape index (κ1) is 24.3. The van der Waals surface area contributed by atoms with Crippen molar-refractivity contribution in [2.45, 2.75) is 71.5 Å². The van der Waals surface area contributed by atoms with Gasteiger partial charge in [-0.15, -0.1) is 0 Å². The molecule has 1 aliphatic heterocycles. The number of halogens is 1. The van der Waals surface area contributed by atoms with Crippen LogP contribution in [0.5, 0.6) is 0 Å². The van der Waals surface area contributed by atoms with Gasteiger partial charge in [-0.05, 0) is 70.1 Å². The summed E-state index contributed by atoms with van der Waals surface area (Å²) in [7, 11) is 0. The second-order valence-corrected chi connectivity index (χ2v) is 9.98. The van der Waals surface area contributed by atoms with Crippen molar-refractivity contribution in [1.29, 1.82) is 0 Å². The molecule has 1 aromatic carbocycles. The SMILES string of the molecule is CCOC(=O)c1cc2n(n1)C[C@@](C)(C(=O)NC1CCC(C)CC1)N(c1ccc(C)c(Cl)c1)C2=O. The van der Waals surface area contributed by atoms with E-state index in [2.05, 4.69) is 17.3 Å². The molecule has 0 unspecified atom stereocenters. The number of aryl methyl sites for hydroxylation is 1. The summed E-state index contributed by atoms with van der Waals surface area (Å²) in [5.74, 6) is -0.635. The Morgan fingerprint density at radius 2 is 1.94 bits per heavy atom. The van der Waals surface area contributed by atoms with Gasteiger partial charge in [0.05, 0.1) is 13.2 Å². The number of nitrogens with zero attached hydrogens (tertiary/aromatic N) is 3. The van der Waals surface area contributed by atoms with Crippen LogP contribution in [0.2, 0.25) is 5.02 Å². The summed E-state index contributed by atoms with van der Waals surface area (Å²) in [5.41, 5.74) is 0.367. The molecule has 0 spiro atoms. The first-order valence-electron chi connectivity index (χ1n) is 11.8. The lowest BCUT2D eigenvalue weighted by molar-refractivity contribution is -0.127. The molecule has 2 aromatic rings. The zero-order valence-corrected chi connectivity index (χ0v) is 20.8. The van der Waals surface area contributed by atoms with Crippen LogP contribution < -0.4 is 10.2 Å². The van der Waals surface area contributed by atoms with Crippen molar-refractivity contribution < 1.29 is 19.1 Å². The van der Waals surface area contributed by atoms with Crippen molar-refractivity contribution in [3.63, 3.8) is 0 Å². The molecule has 1 aliphatic carbocycles. The predicted octanol–water partition coefficient (Wildman–Crippen LogP) is 4.14. The second-order valence-electron chi connectivity index (χ2n) is 9.57. The number of aromatic nitrogens is 2. The molecule has 182 valence electrons. The zero-order valence-electron chi connectivity index (χ0n) is 20.1. The lowest BCUT2D eigenvalue weighted by atomic mass is 9.86. The molecule has 8 nitrogen and oxygen atoms in total. The van der Waals surface area contributed by atoms with Crippen molar-refractivity contribution in [2.75, 3.05) is 11.5 Å². The maximum Gasteiger partial charge on any atom is 0.358 e. The lowest BCUT2D eigenvalue weighted by Crippen LogP contribution is -2.65. The van der Waals surface area contributed by atoms with E-state index >= 15 is 0 Å². The van der Waals surface area contributed by atoms with Gasteiger partial charge in [0, 0.05) is 22.8 Å². The monoisotopic (exact) mass is 486 g/mol. The largest absolute Gasteiger partial charge is 0.461 e. The number of carbonyl (C=O) groups is 3. The van der Waals surface area contributed by atoms with Gasteiger partial charge in [-0.3, -0.25) is 19.2 Å². The van der Waals surface area contributed by atoms with Gasteiger partial charge in [0.25, 0.3) is 5.91 Å². The van der Waals surface area contributed by atoms with Gasteiger partial charge in [-0.2, -0.15) is 5.10 Å². The summed E-state index contributed by atoms with van der Waals surface area (Å²) < 4.78 is 6.49. The van der Waals surface area contributed by atoms with Gasteiger partial charge in [0.2, 0.25) is 5.91 Å². The molecular weight excluding hydrogens is 456 g/mol. The third-order valence-corrected chi connectivity index (χ3v) is 7.30. The van der Waals surface area contributed by atoms with Crippen LogP contribution in [-0.4, -0.2) is 45.8 Å². The summed E-state index contributed by atoms with van der Waals surface area (Å²) >= 11 is 6.39. The minimum absolute atomic E-state index is 0.0398. The van der Waals surface area contributed by atoms with Crippen molar-refractivity contribution in [3.05, 3.63) is 46.2 Å². The van der Waals surface area contributed by atoms with Crippen LogP contribution in [0.3, 0.4) is 0 Å². The molecule has 0 saturated heterocycles. The van der Waals surface area contributed by atoms with Crippen molar-refractivity contribution in [3.8, 4) is 0 Å². The smallest absolute Gasteiger partial charge is 0.358 e. The highest BCUT2D eigenvalue weighted by molar-refractivity contribution is 6.31. The Morgan fingerprint density at radius 3 is 2.59 bits per heavy atom. The fraction of sp³-hybridized carbons (Fsp3) is 0.520. The third-order valence-electron chi connectivity index (χ3n) is 6.89. The lowest BCUT2D eigenvalue weighted by Gasteiger charge is -2.44. The van der Waals surface area contributed by atoms with Crippen LogP contribution in [-0.2, 0) is 16.1 Å². The van der Waals surface area contributed by atoms with E-state index in [1.807, 2.05) is 13.0 Å². The molecule has 2 aliphatic rings. The van der Waals surface area contributed by atoms with E-state index in [0.717, 1.165) is 31.2 Å². The minimum Gasteiger partial charge on any atom is -0.461 e. The molecule has 1 saturated carbocycles. The number of benzene rings is 1. The summed E-state index contributed by atoms with van der Waals surface area (Å²) in [6.07, 6.45) is 3.94. The fourth-order valence-electron chi connectivity index (χ4n) is 4.76. The normalized spacial score (nSPS) is 24.5. The molecule has 2 amide bonds. The first-order valence-corrected chi connectivity index (χ1v) is 12.2. The topological polar surface area (TPSA) is 93.5 Å². The number of carbonyl (C=O) groups excluding carboxylic acids is 3. The van der Waals surface area contributed by atoms with Crippen LogP contribution >= 0.6 is 11.6 Å². The Hall–Kier alpha value is -2.87. The number of hydrogen-bond donors (Lipinski definition) is 1. The van der Waals surface area contributed by atoms with E-state index < -0.39 is 17.4 Å². The summed E-state index contributed by atoms with van der Waals surface area (Å²) in [5, 5.41) is 7.98. The molecule has 34 heavy (non-hydrogen) atoms. The van der Waals surface area contributed by atoms with Crippen LogP contribution in [0.4, 0.5) is 5.69 Å². The highest BCUT2D eigenvalue weighted by Gasteiger charge is 2.49. The summed E-state index contributed by atoms with van der Waals surface area (Å²) in [6.45, 7) is 7.82. The summed E-state index contributed by atoms with van der Waals surface area (Å²) in [4.78, 5) is 41.2. The van der Waals surface area contributed by atoms with Crippen LogP contribution in [0.25, 0.3) is 0 Å². The molecule has 1 fully saturated rings. The Bertz CT molecular complexity index is 1120. The molecule has 0 radical (unpaired) electrons. The van der Waals surface area contributed by atoms with E-state index in [4.69, 9.17) is 16.3 Å². The quantitative estimate of drug-likeness (QED) is 0.641. The Kier molecular flexibility index (Phi) is 6.71. The van der Waals surface area contributed by atoms with E-state index in [9.17, 15) is 14.4 Å². The molecular formula is C25H31ClN4O4. The highest BCUT2D eigenvalue weighted by Crippen LogP contribution is 2.35. The van der Waals surface area contributed by atoms with Gasteiger partial charge < -0.3 is 10.1 Å². The number of amides is 2. The van der Waals surface area contributed by atoms with Crippen molar-refractivity contribution in [2.24, 2.45) is 5.92 Å². The number of anilines is 1. The minimum atomic E-state index is -1.27. The average molecular weight is 487 g/mol. The number of rotatable bonds is 5. The third kappa shape index (κ3) is 4.43. The van der Waals surface area contributed by atoms with E-state index in [0.29, 0.717) is 16.6 Å². The van der Waals surface area contributed by atoms with Gasteiger partial charge in [0.1, 0.15) is 11.2 Å². The molecule has 1 N–H and O–H groups in total. The molecule has 1 aromatic heterocycles. The van der Waals surface area contributed by atoms with E-state index in [1.54, 1.807) is 26.0 Å². The average Bonchev–Trinajstić information content (AvgIpc) is 3.22. The predicted molar refractivity (Wildman–Crippen MR) is 129 cm³/mol. The van der Waals surface area contributed by atoms with Crippen LogP contribution in [0.1, 0.15) is 73.0 Å². The van der Waals surface area contributed by atoms with Gasteiger partial charge in [0.15, 0.2) is 5.69 Å². The number of nitrogens with one attached hydrogen (secondary N) is 1. The molecule has 9 heteroatoms. The van der Waals surface area contributed by atoms with E-state index in [-0.39, 0.29) is 36.5 Å². The first-order chi connectivity index (χ1) is 16.1. The van der Waals surface area contributed by atoms with Crippen molar-refractivity contribution >= 4 is 35.1 Å². The van der Waals surface area contributed by atoms with E-state index in [1.165, 1.54) is 15.6 Å². The second kappa shape index (κ2) is 9.41. The van der Waals surface area contributed by atoms with Gasteiger partial charge in [-0.25, -0.2) is 4.79 Å². The van der Waals surface area contributed by atoms with Gasteiger partial charge >= 0.3 is 5.97 Å². The number of fused-ring (bicyclic) bond motifs is 1. The number of hydrogen-bond acceptors (Lipinski definition) is 5. The maximum atomic E-state index is 13.8. The Labute approximate surface area is 204 Å². The zero-order chi connectivity index (χ0) is 24.6.